The van der Waals surface area contributed by atoms with Gasteiger partial charge in [0.15, 0.2) is 0 Å². The van der Waals surface area contributed by atoms with E-state index in [4.69, 9.17) is 41.3 Å². The molecule has 27 heavy (non-hydrogen) atoms. The molecule has 0 saturated carbocycles. The maximum absolute atomic E-state index is 10.7. The van der Waals surface area contributed by atoms with E-state index in [0.29, 0.717) is 11.1 Å². The molecule has 0 radical (unpaired) electrons. The van der Waals surface area contributed by atoms with Crippen molar-refractivity contribution >= 4 is 27.6 Å². The Balaban J connectivity index is 0.000000483. The number of phenolic OH excluding ortho intramolecular Hbond substituents is 2. The zero-order valence-electron chi connectivity index (χ0n) is 13.7. The molecule has 0 heterocycles. The van der Waals surface area contributed by atoms with E-state index < -0.39 is 26.8 Å². The molecule has 0 aliphatic rings. The fraction of sp³-hybridized carbons (Fsp3) is 0.143. The standard InChI is InChI=1S/2C7H10NO4P.ClH/c2*8-7(13(10,11)12)5-1-3-6(9)4-2-5;/h2*1-4,7,9H,8H2,(H2,10,11,12);1H. The Morgan fingerprint density at radius 2 is 0.852 bits per heavy atom. The van der Waals surface area contributed by atoms with Gasteiger partial charge >= 0.3 is 15.2 Å². The van der Waals surface area contributed by atoms with Crippen LogP contribution in [0.2, 0.25) is 0 Å². The monoisotopic (exact) mass is 442 g/mol. The third-order valence-corrected chi connectivity index (χ3v) is 5.24. The van der Waals surface area contributed by atoms with E-state index >= 15 is 0 Å². The van der Waals surface area contributed by atoms with Crippen LogP contribution in [0.15, 0.2) is 48.5 Å². The van der Waals surface area contributed by atoms with Crippen LogP contribution in [0.1, 0.15) is 22.7 Å². The number of aromatic hydroxyl groups is 2. The Bertz CT molecular complexity index is 737. The van der Waals surface area contributed by atoms with Gasteiger partial charge in [-0.25, -0.2) is 0 Å². The molecule has 10 nitrogen and oxygen atoms in total. The Morgan fingerprint density at radius 1 is 0.630 bits per heavy atom. The summed E-state index contributed by atoms with van der Waals surface area (Å²) >= 11 is 0. The molecule has 0 aromatic heterocycles. The van der Waals surface area contributed by atoms with Crippen molar-refractivity contribution in [3.8, 4) is 11.5 Å². The fourth-order valence-corrected chi connectivity index (χ4v) is 2.85. The first-order chi connectivity index (χ1) is 11.8. The van der Waals surface area contributed by atoms with Gasteiger partial charge in [-0.15, -0.1) is 12.4 Å². The molecule has 2 atom stereocenters. The fourth-order valence-electron chi connectivity index (χ4n) is 1.73. The normalized spacial score (nSPS) is 13.6. The largest absolute Gasteiger partial charge is 0.508 e. The van der Waals surface area contributed by atoms with Crippen LogP contribution in [-0.4, -0.2) is 29.8 Å². The highest BCUT2D eigenvalue weighted by Gasteiger charge is 2.26. The van der Waals surface area contributed by atoms with Crippen molar-refractivity contribution in [2.24, 2.45) is 11.5 Å². The summed E-state index contributed by atoms with van der Waals surface area (Å²) in [4.78, 5) is 34.9. The minimum Gasteiger partial charge on any atom is -0.508 e. The number of hydrogen-bond acceptors (Lipinski definition) is 6. The second-order valence-electron chi connectivity index (χ2n) is 5.25. The van der Waals surface area contributed by atoms with Gasteiger partial charge in [0.25, 0.3) is 0 Å². The van der Waals surface area contributed by atoms with E-state index in [1.54, 1.807) is 0 Å². The van der Waals surface area contributed by atoms with Crippen molar-refractivity contribution in [3.63, 3.8) is 0 Å². The summed E-state index contributed by atoms with van der Waals surface area (Å²) in [5.74, 6) is -2.59. The van der Waals surface area contributed by atoms with Gasteiger partial charge in [-0.3, -0.25) is 9.13 Å². The van der Waals surface area contributed by atoms with Crippen molar-refractivity contribution in [1.29, 1.82) is 0 Å². The van der Waals surface area contributed by atoms with Gasteiger partial charge in [0, 0.05) is 0 Å². The minimum atomic E-state index is -4.30. The predicted molar refractivity (Wildman–Crippen MR) is 101 cm³/mol. The zero-order chi connectivity index (χ0) is 20.1. The Morgan fingerprint density at radius 3 is 1.04 bits per heavy atom. The van der Waals surface area contributed by atoms with Crippen LogP contribution < -0.4 is 11.5 Å². The molecule has 2 rings (SSSR count). The van der Waals surface area contributed by atoms with Crippen molar-refractivity contribution in [3.05, 3.63) is 59.7 Å². The molecule has 10 N–H and O–H groups in total. The van der Waals surface area contributed by atoms with Crippen molar-refractivity contribution in [2.45, 2.75) is 11.6 Å². The van der Waals surface area contributed by atoms with E-state index in [1.807, 2.05) is 0 Å². The highest BCUT2D eigenvalue weighted by molar-refractivity contribution is 7.52. The lowest BCUT2D eigenvalue weighted by Gasteiger charge is -2.13. The van der Waals surface area contributed by atoms with Gasteiger partial charge < -0.3 is 41.3 Å². The quantitative estimate of drug-likeness (QED) is 0.320. The Hall–Kier alpha value is -1.45. The van der Waals surface area contributed by atoms with Crippen molar-refractivity contribution in [1.82, 2.24) is 0 Å². The average molecular weight is 443 g/mol. The van der Waals surface area contributed by atoms with E-state index in [0.717, 1.165) is 0 Å². The molecule has 0 amide bonds. The van der Waals surface area contributed by atoms with Crippen LogP contribution in [0, 0.1) is 0 Å². The summed E-state index contributed by atoms with van der Waals surface area (Å²) in [6.07, 6.45) is 0. The van der Waals surface area contributed by atoms with Crippen LogP contribution >= 0.6 is 27.6 Å². The van der Waals surface area contributed by atoms with Gasteiger partial charge in [-0.05, 0) is 35.4 Å². The molecule has 0 spiro atoms. The van der Waals surface area contributed by atoms with E-state index in [2.05, 4.69) is 0 Å². The van der Waals surface area contributed by atoms with E-state index in [9.17, 15) is 9.13 Å². The molecule has 2 unspecified atom stereocenters. The van der Waals surface area contributed by atoms with Gasteiger partial charge in [0.2, 0.25) is 0 Å². The molecular weight excluding hydrogens is 422 g/mol. The van der Waals surface area contributed by atoms with Crippen LogP contribution in [0.4, 0.5) is 0 Å². The van der Waals surface area contributed by atoms with Gasteiger partial charge in [0.05, 0.1) is 0 Å². The number of hydrogen-bond donors (Lipinski definition) is 8. The molecular formula is C14H21ClN2O8P2. The average Bonchev–Trinajstić information content (AvgIpc) is 2.54. The number of benzene rings is 2. The first-order valence-electron chi connectivity index (χ1n) is 7.02. The highest BCUT2D eigenvalue weighted by Crippen LogP contribution is 2.48. The maximum atomic E-state index is 10.7. The lowest BCUT2D eigenvalue weighted by Crippen LogP contribution is -2.10. The number of halogens is 1. The SMILES string of the molecule is Cl.NC(c1ccc(O)cc1)P(=O)(O)O.NC(c1ccc(O)cc1)P(=O)(O)O. The van der Waals surface area contributed by atoms with E-state index in [1.165, 1.54) is 48.5 Å². The van der Waals surface area contributed by atoms with Crippen LogP contribution in [0.5, 0.6) is 11.5 Å². The highest BCUT2D eigenvalue weighted by atomic mass is 35.5. The molecule has 0 saturated heterocycles. The number of rotatable bonds is 4. The van der Waals surface area contributed by atoms with Crippen LogP contribution in [0.3, 0.4) is 0 Å². The Labute approximate surface area is 161 Å². The molecule has 13 heteroatoms. The van der Waals surface area contributed by atoms with Crippen molar-refractivity contribution in [2.75, 3.05) is 0 Å². The third kappa shape index (κ3) is 8.40. The maximum Gasteiger partial charge on any atom is 0.346 e. The first kappa shape index (κ1) is 25.6. The second-order valence-corrected chi connectivity index (χ2v) is 8.72. The molecule has 0 aliphatic heterocycles. The van der Waals surface area contributed by atoms with Crippen molar-refractivity contribution < 1.29 is 38.9 Å². The molecule has 2 aromatic carbocycles. The number of phenols is 2. The third-order valence-electron chi connectivity index (χ3n) is 3.19. The molecule has 0 bridgehead atoms. The first-order valence-corrected chi connectivity index (χ1v) is 10.4. The zero-order valence-corrected chi connectivity index (χ0v) is 16.3. The lowest BCUT2D eigenvalue weighted by molar-refractivity contribution is 0.357. The molecule has 0 aliphatic carbocycles. The summed E-state index contributed by atoms with van der Waals surface area (Å²) in [6, 6.07) is 10.8. The predicted octanol–water partition coefficient (Wildman–Crippen LogP) is 1.48. The molecule has 0 fully saturated rings. The summed E-state index contributed by atoms with van der Waals surface area (Å²) < 4.78 is 21.4. The summed E-state index contributed by atoms with van der Waals surface area (Å²) in [6.45, 7) is 0. The smallest absolute Gasteiger partial charge is 0.346 e. The lowest BCUT2D eigenvalue weighted by atomic mass is 10.2. The Kier molecular flexibility index (Phi) is 9.64. The van der Waals surface area contributed by atoms with Gasteiger partial charge in [-0.2, -0.15) is 0 Å². The van der Waals surface area contributed by atoms with E-state index in [-0.39, 0.29) is 23.9 Å². The van der Waals surface area contributed by atoms with Gasteiger partial charge in [0.1, 0.15) is 23.1 Å². The molecule has 2 aromatic rings. The van der Waals surface area contributed by atoms with Crippen LogP contribution in [0.25, 0.3) is 0 Å². The summed E-state index contributed by atoms with van der Waals surface area (Å²) in [7, 11) is -8.60. The molecule has 152 valence electrons. The number of nitrogens with two attached hydrogens (primary N) is 2. The second kappa shape index (κ2) is 10.2. The topological polar surface area (TPSA) is 208 Å². The van der Waals surface area contributed by atoms with Crippen LogP contribution in [-0.2, 0) is 9.13 Å². The van der Waals surface area contributed by atoms with Gasteiger partial charge in [-0.1, -0.05) is 24.3 Å². The summed E-state index contributed by atoms with van der Waals surface area (Å²) in [5.41, 5.74) is 11.1. The summed E-state index contributed by atoms with van der Waals surface area (Å²) in [5, 5.41) is 17.8. The minimum absolute atomic E-state index is 0.